The highest BCUT2D eigenvalue weighted by Gasteiger charge is 2.23. The lowest BCUT2D eigenvalue weighted by Crippen LogP contribution is -2.27. The van der Waals surface area contributed by atoms with Crippen LogP contribution in [0.15, 0.2) is 48.5 Å². The van der Waals surface area contributed by atoms with E-state index in [1.807, 2.05) is 36.4 Å². The van der Waals surface area contributed by atoms with E-state index in [1.165, 1.54) is 11.1 Å². The van der Waals surface area contributed by atoms with Crippen molar-refractivity contribution in [2.75, 3.05) is 19.4 Å². The van der Waals surface area contributed by atoms with E-state index in [1.54, 1.807) is 11.8 Å². The van der Waals surface area contributed by atoms with E-state index >= 15 is 0 Å². The van der Waals surface area contributed by atoms with Crippen LogP contribution in [0.2, 0.25) is 0 Å². The number of nitrogens with zero attached hydrogens (tertiary/aromatic N) is 3. The summed E-state index contributed by atoms with van der Waals surface area (Å²) in [6, 6.07) is 17.8. The molecule has 170 valence electrons. The second-order valence-corrected chi connectivity index (χ2v) is 8.38. The van der Waals surface area contributed by atoms with E-state index in [9.17, 15) is 10.1 Å². The second kappa shape index (κ2) is 10.2. The lowest BCUT2D eigenvalue weighted by atomic mass is 9.81. The molecule has 0 bridgehead atoms. The normalized spacial score (nSPS) is 14.8. The number of nitrogens with two attached hydrogens (primary N) is 1. The Balaban J connectivity index is 1.31. The largest absolute Gasteiger partial charge is 0.497 e. The molecule has 0 saturated carbocycles. The van der Waals surface area contributed by atoms with Crippen molar-refractivity contribution in [3.63, 3.8) is 0 Å². The molecule has 4 rings (SSSR count). The van der Waals surface area contributed by atoms with Crippen LogP contribution in [0.25, 0.3) is 5.69 Å². The molecule has 1 aliphatic carbocycles. The van der Waals surface area contributed by atoms with Crippen LogP contribution in [0.4, 0.5) is 5.82 Å². The van der Waals surface area contributed by atoms with Crippen LogP contribution in [0.5, 0.6) is 5.75 Å². The molecular formula is C26H29N5O2. The minimum Gasteiger partial charge on any atom is -0.497 e. The Hall–Kier alpha value is -3.79. The monoisotopic (exact) mass is 443 g/mol. The third-order valence-corrected chi connectivity index (χ3v) is 6.24. The molecule has 33 heavy (non-hydrogen) atoms. The first-order valence-electron chi connectivity index (χ1n) is 11.4. The van der Waals surface area contributed by atoms with Gasteiger partial charge < -0.3 is 15.8 Å². The Morgan fingerprint density at radius 1 is 1.30 bits per heavy atom. The van der Waals surface area contributed by atoms with Gasteiger partial charge in [0.15, 0.2) is 0 Å². The van der Waals surface area contributed by atoms with Crippen molar-refractivity contribution >= 4 is 11.7 Å². The molecule has 0 aliphatic heterocycles. The number of nitrogens with one attached hydrogen (secondary N) is 1. The van der Waals surface area contributed by atoms with Crippen LogP contribution in [0.3, 0.4) is 0 Å². The van der Waals surface area contributed by atoms with Gasteiger partial charge in [0, 0.05) is 13.0 Å². The number of ether oxygens (including phenoxy) is 1. The van der Waals surface area contributed by atoms with E-state index in [2.05, 4.69) is 28.6 Å². The number of para-hydroxylation sites is 1. The number of nitrogen functional groups attached to an aromatic ring is 1. The number of methoxy groups -OCH3 is 1. The van der Waals surface area contributed by atoms with Crippen molar-refractivity contribution in [2.24, 2.45) is 0 Å². The third kappa shape index (κ3) is 5.01. The summed E-state index contributed by atoms with van der Waals surface area (Å²) in [6.07, 6.45) is 4.88. The highest BCUT2D eigenvalue weighted by atomic mass is 16.5. The number of hydrogen-bond donors (Lipinski definition) is 2. The van der Waals surface area contributed by atoms with Gasteiger partial charge in [-0.2, -0.15) is 10.4 Å². The molecular weight excluding hydrogens is 414 g/mol. The van der Waals surface area contributed by atoms with Crippen LogP contribution in [0.1, 0.15) is 54.0 Å². The molecule has 0 spiro atoms. The molecule has 2 aromatic carbocycles. The van der Waals surface area contributed by atoms with Gasteiger partial charge in [0.25, 0.3) is 0 Å². The summed E-state index contributed by atoms with van der Waals surface area (Å²) in [5.41, 5.74) is 10.6. The van der Waals surface area contributed by atoms with Gasteiger partial charge in [-0.3, -0.25) is 4.79 Å². The number of benzene rings is 2. The molecule has 1 aliphatic rings. The number of hydrogen-bond acceptors (Lipinski definition) is 5. The summed E-state index contributed by atoms with van der Waals surface area (Å²) in [5, 5.41) is 17.1. The molecule has 0 fully saturated rings. The molecule has 3 aromatic rings. The van der Waals surface area contributed by atoms with E-state index in [0.29, 0.717) is 42.9 Å². The maximum absolute atomic E-state index is 12.6. The lowest BCUT2D eigenvalue weighted by molar-refractivity contribution is -0.121. The molecule has 0 saturated heterocycles. The molecule has 1 amide bonds. The number of carbonyl (C=O) groups is 1. The second-order valence-electron chi connectivity index (χ2n) is 8.38. The maximum atomic E-state index is 12.6. The van der Waals surface area contributed by atoms with Crippen molar-refractivity contribution in [3.8, 4) is 17.5 Å². The summed E-state index contributed by atoms with van der Waals surface area (Å²) in [4.78, 5) is 12.6. The summed E-state index contributed by atoms with van der Waals surface area (Å²) >= 11 is 0. The van der Waals surface area contributed by atoms with Crippen LogP contribution in [0, 0.1) is 11.3 Å². The minimum absolute atomic E-state index is 0.0542. The number of aromatic nitrogens is 2. The predicted octanol–water partition coefficient (Wildman–Crippen LogP) is 3.89. The van der Waals surface area contributed by atoms with Crippen LogP contribution in [-0.4, -0.2) is 29.3 Å². The smallest absolute Gasteiger partial charge is 0.220 e. The van der Waals surface area contributed by atoms with Gasteiger partial charge >= 0.3 is 0 Å². The zero-order valence-electron chi connectivity index (χ0n) is 18.9. The van der Waals surface area contributed by atoms with Crippen LogP contribution in [-0.2, 0) is 17.6 Å². The molecule has 1 aromatic heterocycles. The van der Waals surface area contributed by atoms with Gasteiger partial charge in [0.1, 0.15) is 23.2 Å². The van der Waals surface area contributed by atoms with Crippen LogP contribution < -0.4 is 15.8 Å². The van der Waals surface area contributed by atoms with Crippen molar-refractivity contribution in [1.29, 1.82) is 5.26 Å². The van der Waals surface area contributed by atoms with Gasteiger partial charge in [-0.05, 0) is 73.4 Å². The molecule has 7 nitrogen and oxygen atoms in total. The van der Waals surface area contributed by atoms with Crippen molar-refractivity contribution < 1.29 is 9.53 Å². The predicted molar refractivity (Wildman–Crippen MR) is 127 cm³/mol. The fourth-order valence-electron chi connectivity index (χ4n) is 4.55. The number of amides is 1. The van der Waals surface area contributed by atoms with Gasteiger partial charge in [-0.15, -0.1) is 0 Å². The van der Waals surface area contributed by atoms with Crippen molar-refractivity contribution in [2.45, 2.75) is 44.4 Å². The summed E-state index contributed by atoms with van der Waals surface area (Å²) in [6.45, 7) is 0.532. The van der Waals surface area contributed by atoms with E-state index in [-0.39, 0.29) is 11.8 Å². The van der Waals surface area contributed by atoms with Crippen molar-refractivity contribution in [3.05, 3.63) is 70.9 Å². The highest BCUT2D eigenvalue weighted by Crippen LogP contribution is 2.35. The fourth-order valence-corrected chi connectivity index (χ4v) is 4.55. The zero-order chi connectivity index (χ0) is 23.2. The summed E-state index contributed by atoms with van der Waals surface area (Å²) < 4.78 is 6.93. The Morgan fingerprint density at radius 3 is 2.88 bits per heavy atom. The van der Waals surface area contributed by atoms with Gasteiger partial charge in [0.05, 0.1) is 18.5 Å². The molecule has 1 heterocycles. The standard InChI is InChI=1S/C26H29N5O2/c1-33-21-12-13-22-18(15-21)7-5-8-19(22)16-25(32)29-14-6-11-24-23(17-27)26(28)31(30-24)20-9-3-2-4-10-20/h2-4,9-10,12-13,15,19H,5-8,11,14,16,28H2,1H3,(H,29,32). The first kappa shape index (κ1) is 22.4. The maximum Gasteiger partial charge on any atom is 0.220 e. The quantitative estimate of drug-likeness (QED) is 0.514. The lowest BCUT2D eigenvalue weighted by Gasteiger charge is -2.25. The Labute approximate surface area is 194 Å². The Kier molecular flexibility index (Phi) is 6.94. The minimum atomic E-state index is 0.0542. The van der Waals surface area contributed by atoms with Crippen molar-refractivity contribution in [1.82, 2.24) is 15.1 Å². The average Bonchev–Trinajstić information content (AvgIpc) is 3.17. The number of nitriles is 1. The molecule has 7 heteroatoms. The zero-order valence-corrected chi connectivity index (χ0v) is 18.9. The fraction of sp³-hybridized carbons (Fsp3) is 0.346. The van der Waals surface area contributed by atoms with E-state index in [0.717, 1.165) is 30.7 Å². The highest BCUT2D eigenvalue weighted by molar-refractivity contribution is 5.77. The number of aryl methyl sites for hydroxylation is 2. The summed E-state index contributed by atoms with van der Waals surface area (Å²) in [5.74, 6) is 1.51. The Morgan fingerprint density at radius 2 is 2.12 bits per heavy atom. The number of rotatable bonds is 8. The molecule has 0 radical (unpaired) electrons. The van der Waals surface area contributed by atoms with Gasteiger partial charge in [-0.1, -0.05) is 24.3 Å². The first-order valence-corrected chi connectivity index (χ1v) is 11.4. The third-order valence-electron chi connectivity index (χ3n) is 6.24. The number of carbonyl (C=O) groups excluding carboxylic acids is 1. The molecule has 1 atom stereocenters. The topological polar surface area (TPSA) is 106 Å². The number of fused-ring (bicyclic) bond motifs is 1. The van der Waals surface area contributed by atoms with Gasteiger partial charge in [-0.25, -0.2) is 4.68 Å². The molecule has 1 unspecified atom stereocenters. The van der Waals surface area contributed by atoms with E-state index < -0.39 is 0 Å². The van der Waals surface area contributed by atoms with E-state index in [4.69, 9.17) is 10.5 Å². The summed E-state index contributed by atoms with van der Waals surface area (Å²) in [7, 11) is 1.68. The Bertz CT molecular complexity index is 1160. The SMILES string of the molecule is COc1ccc2c(c1)CCCC2CC(=O)NCCCc1nn(-c2ccccc2)c(N)c1C#N. The average molecular weight is 444 g/mol. The van der Waals surface area contributed by atoms with Crippen LogP contribution >= 0.6 is 0 Å². The van der Waals surface area contributed by atoms with Gasteiger partial charge in [0.2, 0.25) is 5.91 Å². The number of anilines is 1. The molecule has 3 N–H and O–H groups in total. The first-order chi connectivity index (χ1) is 16.1.